The van der Waals surface area contributed by atoms with Gasteiger partial charge in [0.15, 0.2) is 5.78 Å². The van der Waals surface area contributed by atoms with Crippen LogP contribution in [0.4, 0.5) is 0 Å². The lowest BCUT2D eigenvalue weighted by atomic mass is 9.68. The van der Waals surface area contributed by atoms with Crippen LogP contribution < -0.4 is 0 Å². The van der Waals surface area contributed by atoms with Crippen molar-refractivity contribution in [3.8, 4) is 0 Å². The summed E-state index contributed by atoms with van der Waals surface area (Å²) in [4.78, 5) is 16.0. The second-order valence-electron chi connectivity index (χ2n) is 7.94. The Balaban J connectivity index is 1.68. The largest absolute Gasteiger partial charge is 0.298 e. The van der Waals surface area contributed by atoms with Crippen LogP contribution in [0.15, 0.2) is 60.7 Å². The van der Waals surface area contributed by atoms with Gasteiger partial charge in [-0.3, -0.25) is 9.69 Å². The van der Waals surface area contributed by atoms with E-state index in [0.717, 1.165) is 19.5 Å². The fraction of sp³-hybridized carbons (Fsp3) is 0.458. The molecule has 2 aromatic carbocycles. The summed E-state index contributed by atoms with van der Waals surface area (Å²) in [6.45, 7) is 4.41. The van der Waals surface area contributed by atoms with Crippen molar-refractivity contribution in [2.45, 2.75) is 44.6 Å². The number of fused-ring (bicyclic) bond motifs is 3. The van der Waals surface area contributed by atoms with Crippen LogP contribution in [-0.4, -0.2) is 29.8 Å². The molecule has 0 N–H and O–H groups in total. The summed E-state index contributed by atoms with van der Waals surface area (Å²) in [6.07, 6.45) is 4.72. The molecule has 4 unspecified atom stereocenters. The van der Waals surface area contributed by atoms with Crippen LogP contribution in [0.2, 0.25) is 0 Å². The van der Waals surface area contributed by atoms with E-state index in [1.54, 1.807) is 0 Å². The number of hydrogen-bond donors (Lipinski definition) is 0. The van der Waals surface area contributed by atoms with E-state index in [-0.39, 0.29) is 17.9 Å². The van der Waals surface area contributed by atoms with Gasteiger partial charge in [-0.1, -0.05) is 80.4 Å². The van der Waals surface area contributed by atoms with E-state index in [9.17, 15) is 4.79 Å². The summed E-state index contributed by atoms with van der Waals surface area (Å²) in [5, 5.41) is 0. The van der Waals surface area contributed by atoms with Gasteiger partial charge in [0, 0.05) is 18.4 Å². The fourth-order valence-electron chi connectivity index (χ4n) is 5.10. The second kappa shape index (κ2) is 7.75. The molecule has 0 amide bonds. The van der Waals surface area contributed by atoms with E-state index < -0.39 is 0 Å². The number of unbranched alkanes of at least 4 members (excludes halogenated alkanes) is 1. The fourth-order valence-corrected chi connectivity index (χ4v) is 5.10. The van der Waals surface area contributed by atoms with E-state index in [1.807, 2.05) is 0 Å². The molecule has 26 heavy (non-hydrogen) atoms. The second-order valence-corrected chi connectivity index (χ2v) is 7.94. The Morgan fingerprint density at radius 3 is 2.15 bits per heavy atom. The Kier molecular flexibility index (Phi) is 5.21. The average molecular weight is 348 g/mol. The zero-order valence-corrected chi connectivity index (χ0v) is 15.7. The van der Waals surface area contributed by atoms with Crippen molar-refractivity contribution >= 4 is 5.78 Å². The molecule has 4 atom stereocenters. The minimum atomic E-state index is -0.00331. The highest BCUT2D eigenvalue weighted by Crippen LogP contribution is 2.43. The number of carbonyl (C=O) groups is 1. The van der Waals surface area contributed by atoms with Crippen LogP contribution in [-0.2, 0) is 4.79 Å². The molecular weight excluding hydrogens is 318 g/mol. The molecular formula is C24H29NO. The molecule has 0 spiro atoms. The lowest BCUT2D eigenvalue weighted by Gasteiger charge is -2.51. The zero-order valence-electron chi connectivity index (χ0n) is 15.7. The minimum Gasteiger partial charge on any atom is -0.298 e. The Morgan fingerprint density at radius 1 is 1.00 bits per heavy atom. The van der Waals surface area contributed by atoms with Crippen molar-refractivity contribution in [3.05, 3.63) is 71.8 Å². The first-order valence-corrected chi connectivity index (χ1v) is 10.2. The molecule has 2 bridgehead atoms. The normalized spacial score (nSPS) is 27.8. The van der Waals surface area contributed by atoms with Crippen molar-refractivity contribution < 1.29 is 4.79 Å². The molecule has 3 heterocycles. The topological polar surface area (TPSA) is 20.3 Å². The summed E-state index contributed by atoms with van der Waals surface area (Å²) in [5.74, 6) is 1.47. The summed E-state index contributed by atoms with van der Waals surface area (Å²) >= 11 is 0. The highest BCUT2D eigenvalue weighted by Gasteiger charge is 2.49. The number of Topliss-reactive ketones (excluding diaryl/α,β-unsaturated/α-hetero) is 1. The predicted octanol–water partition coefficient (Wildman–Crippen LogP) is 4.90. The minimum absolute atomic E-state index is 0.00331. The molecule has 2 heteroatoms. The van der Waals surface area contributed by atoms with Gasteiger partial charge in [-0.05, 0) is 36.4 Å². The third kappa shape index (κ3) is 3.23. The van der Waals surface area contributed by atoms with Crippen LogP contribution >= 0.6 is 0 Å². The molecule has 3 aliphatic heterocycles. The van der Waals surface area contributed by atoms with Crippen LogP contribution in [0, 0.1) is 11.8 Å². The van der Waals surface area contributed by atoms with Gasteiger partial charge >= 0.3 is 0 Å². The lowest BCUT2D eigenvalue weighted by molar-refractivity contribution is -0.142. The molecule has 2 aromatic rings. The maximum absolute atomic E-state index is 13.5. The highest BCUT2D eigenvalue weighted by atomic mass is 16.1. The first kappa shape index (κ1) is 17.5. The number of ketones is 1. The van der Waals surface area contributed by atoms with Gasteiger partial charge in [0.25, 0.3) is 0 Å². The smallest absolute Gasteiger partial charge is 0.154 e. The molecule has 0 radical (unpaired) electrons. The monoisotopic (exact) mass is 347 g/mol. The van der Waals surface area contributed by atoms with E-state index in [1.165, 1.54) is 30.4 Å². The van der Waals surface area contributed by atoms with Gasteiger partial charge in [0.2, 0.25) is 0 Å². The summed E-state index contributed by atoms with van der Waals surface area (Å²) in [5.41, 5.74) is 2.52. The maximum atomic E-state index is 13.5. The number of piperidine rings is 3. The standard InChI is InChI=1S/C24H29NO/c1-2-3-10-20-17-25-16-15-21(20)24(26)23(25)22(18-11-6-4-7-12-18)19-13-8-5-9-14-19/h4-9,11-14,20-23H,2-3,10,15-17H2,1H3. The van der Waals surface area contributed by atoms with Gasteiger partial charge in [0.1, 0.15) is 0 Å². The van der Waals surface area contributed by atoms with E-state index in [4.69, 9.17) is 0 Å². The van der Waals surface area contributed by atoms with Gasteiger partial charge < -0.3 is 0 Å². The Labute approximate surface area is 157 Å². The summed E-state index contributed by atoms with van der Waals surface area (Å²) in [6, 6.07) is 21.2. The van der Waals surface area contributed by atoms with Gasteiger partial charge in [-0.15, -0.1) is 0 Å². The van der Waals surface area contributed by atoms with Gasteiger partial charge in [-0.2, -0.15) is 0 Å². The van der Waals surface area contributed by atoms with Gasteiger partial charge in [-0.25, -0.2) is 0 Å². The van der Waals surface area contributed by atoms with Crippen molar-refractivity contribution in [1.82, 2.24) is 4.90 Å². The molecule has 3 saturated heterocycles. The summed E-state index contributed by atoms with van der Waals surface area (Å²) < 4.78 is 0. The molecule has 0 aromatic heterocycles. The zero-order chi connectivity index (χ0) is 17.9. The maximum Gasteiger partial charge on any atom is 0.154 e. The first-order chi connectivity index (χ1) is 12.8. The van der Waals surface area contributed by atoms with Crippen LogP contribution in [0.3, 0.4) is 0 Å². The number of rotatable bonds is 6. The number of nitrogens with zero attached hydrogens (tertiary/aromatic N) is 1. The average Bonchev–Trinajstić information content (AvgIpc) is 2.70. The number of benzene rings is 2. The van der Waals surface area contributed by atoms with Crippen LogP contribution in [0.1, 0.15) is 49.7 Å². The molecule has 3 aliphatic rings. The number of hydrogen-bond acceptors (Lipinski definition) is 2. The van der Waals surface area contributed by atoms with E-state index >= 15 is 0 Å². The Hall–Kier alpha value is -1.93. The van der Waals surface area contributed by atoms with E-state index in [0.29, 0.717) is 11.7 Å². The molecule has 0 saturated carbocycles. The van der Waals surface area contributed by atoms with Gasteiger partial charge in [0.05, 0.1) is 6.04 Å². The highest BCUT2D eigenvalue weighted by molar-refractivity contribution is 5.89. The molecule has 2 nitrogen and oxygen atoms in total. The molecule has 136 valence electrons. The first-order valence-electron chi connectivity index (χ1n) is 10.2. The lowest BCUT2D eigenvalue weighted by Crippen LogP contribution is -2.61. The molecule has 5 rings (SSSR count). The Bertz CT molecular complexity index is 687. The predicted molar refractivity (Wildman–Crippen MR) is 106 cm³/mol. The summed E-state index contributed by atoms with van der Waals surface area (Å²) in [7, 11) is 0. The molecule has 0 aliphatic carbocycles. The quantitative estimate of drug-likeness (QED) is 0.741. The van der Waals surface area contributed by atoms with Crippen molar-refractivity contribution in [3.63, 3.8) is 0 Å². The van der Waals surface area contributed by atoms with Crippen LogP contribution in [0.25, 0.3) is 0 Å². The van der Waals surface area contributed by atoms with E-state index in [2.05, 4.69) is 72.5 Å². The van der Waals surface area contributed by atoms with Crippen molar-refractivity contribution in [2.75, 3.05) is 13.1 Å². The van der Waals surface area contributed by atoms with Crippen molar-refractivity contribution in [2.24, 2.45) is 11.8 Å². The molecule has 3 fully saturated rings. The van der Waals surface area contributed by atoms with Crippen LogP contribution in [0.5, 0.6) is 0 Å². The number of carbonyl (C=O) groups excluding carboxylic acids is 1. The SMILES string of the molecule is CCCCC1CN2CCC1C(=O)C2C(c1ccccc1)c1ccccc1. The Morgan fingerprint density at radius 2 is 1.62 bits per heavy atom. The van der Waals surface area contributed by atoms with Crippen molar-refractivity contribution in [1.29, 1.82) is 0 Å². The third-order valence-electron chi connectivity index (χ3n) is 6.38. The third-order valence-corrected chi connectivity index (χ3v) is 6.38.